The molecule has 5 nitrogen and oxygen atoms in total. The van der Waals surface area contributed by atoms with E-state index < -0.39 is 29.6 Å². The molecule has 1 atom stereocenters. The number of benzene rings is 1. The van der Waals surface area contributed by atoms with Crippen LogP contribution in [-0.2, 0) is 22.3 Å². The number of primary amides is 1. The van der Waals surface area contributed by atoms with Crippen LogP contribution in [0.25, 0.3) is 0 Å². The standard InChI is InChI=1S/C13H16F3N3O2/c1-19(12(21)10(17)6-11(18)20)7-8-2-4-9(5-3-8)13(14,15)16/h2-5,10H,6-7,17H2,1H3,(H2,18,20). The second kappa shape index (κ2) is 6.57. The van der Waals surface area contributed by atoms with Crippen LogP contribution in [0.5, 0.6) is 0 Å². The first-order chi connectivity index (χ1) is 9.61. The summed E-state index contributed by atoms with van der Waals surface area (Å²) in [6, 6.07) is 3.40. The molecule has 1 aromatic carbocycles. The number of carbonyl (C=O) groups excluding carboxylic acids is 2. The highest BCUT2D eigenvalue weighted by molar-refractivity contribution is 5.87. The lowest BCUT2D eigenvalue weighted by molar-refractivity contribution is -0.137. The van der Waals surface area contributed by atoms with Gasteiger partial charge in [-0.05, 0) is 17.7 Å². The lowest BCUT2D eigenvalue weighted by Gasteiger charge is -2.21. The number of hydrogen-bond donors (Lipinski definition) is 2. The van der Waals surface area contributed by atoms with Crippen molar-refractivity contribution in [1.29, 1.82) is 0 Å². The molecule has 0 radical (unpaired) electrons. The van der Waals surface area contributed by atoms with E-state index in [1.165, 1.54) is 24.1 Å². The molecule has 116 valence electrons. The van der Waals surface area contributed by atoms with Crippen molar-refractivity contribution in [2.24, 2.45) is 11.5 Å². The molecular formula is C13H16F3N3O2. The van der Waals surface area contributed by atoms with E-state index in [0.29, 0.717) is 5.56 Å². The van der Waals surface area contributed by atoms with E-state index in [9.17, 15) is 22.8 Å². The van der Waals surface area contributed by atoms with Gasteiger partial charge < -0.3 is 16.4 Å². The van der Waals surface area contributed by atoms with Gasteiger partial charge in [0.25, 0.3) is 0 Å². The highest BCUT2D eigenvalue weighted by atomic mass is 19.4. The Morgan fingerprint density at radius 1 is 1.24 bits per heavy atom. The van der Waals surface area contributed by atoms with Crippen LogP contribution in [0, 0.1) is 0 Å². The molecule has 2 amide bonds. The summed E-state index contributed by atoms with van der Waals surface area (Å²) in [6.07, 6.45) is -4.68. The van der Waals surface area contributed by atoms with E-state index in [1.54, 1.807) is 0 Å². The van der Waals surface area contributed by atoms with Crippen molar-refractivity contribution >= 4 is 11.8 Å². The number of nitrogens with two attached hydrogens (primary N) is 2. The van der Waals surface area contributed by atoms with Crippen molar-refractivity contribution in [1.82, 2.24) is 4.90 Å². The lowest BCUT2D eigenvalue weighted by Crippen LogP contribution is -2.43. The molecule has 21 heavy (non-hydrogen) atoms. The number of halogens is 3. The van der Waals surface area contributed by atoms with E-state index >= 15 is 0 Å². The predicted molar refractivity (Wildman–Crippen MR) is 69.7 cm³/mol. The van der Waals surface area contributed by atoms with Crippen LogP contribution in [0.1, 0.15) is 17.5 Å². The Balaban J connectivity index is 2.68. The predicted octanol–water partition coefficient (Wildman–Crippen LogP) is 0.867. The molecule has 1 rings (SSSR count). The minimum atomic E-state index is -4.40. The molecule has 0 spiro atoms. The van der Waals surface area contributed by atoms with Gasteiger partial charge in [-0.1, -0.05) is 12.1 Å². The minimum absolute atomic E-state index is 0.0867. The zero-order valence-electron chi connectivity index (χ0n) is 11.4. The van der Waals surface area contributed by atoms with Crippen LogP contribution in [0.4, 0.5) is 13.2 Å². The zero-order valence-corrected chi connectivity index (χ0v) is 11.4. The number of nitrogens with zero attached hydrogens (tertiary/aromatic N) is 1. The summed E-state index contributed by atoms with van der Waals surface area (Å²) >= 11 is 0. The zero-order chi connectivity index (χ0) is 16.2. The average Bonchev–Trinajstić information content (AvgIpc) is 2.36. The third kappa shape index (κ3) is 5.07. The van der Waals surface area contributed by atoms with Crippen molar-refractivity contribution in [2.45, 2.75) is 25.2 Å². The highest BCUT2D eigenvalue weighted by Gasteiger charge is 2.30. The molecule has 4 N–H and O–H groups in total. The van der Waals surface area contributed by atoms with Crippen LogP contribution in [0.15, 0.2) is 24.3 Å². The first-order valence-electron chi connectivity index (χ1n) is 6.06. The smallest absolute Gasteiger partial charge is 0.370 e. The molecule has 0 saturated heterocycles. The maximum Gasteiger partial charge on any atom is 0.416 e. The molecule has 0 fully saturated rings. The molecular weight excluding hydrogens is 287 g/mol. The molecule has 0 aliphatic carbocycles. The summed E-state index contributed by atoms with van der Waals surface area (Å²) in [5, 5.41) is 0. The Morgan fingerprint density at radius 3 is 2.19 bits per heavy atom. The average molecular weight is 303 g/mol. The fourth-order valence-electron chi connectivity index (χ4n) is 1.74. The normalized spacial score (nSPS) is 12.8. The second-order valence-corrected chi connectivity index (χ2v) is 4.67. The number of alkyl halides is 3. The minimum Gasteiger partial charge on any atom is -0.370 e. The Kier molecular flexibility index (Phi) is 5.31. The van der Waals surface area contributed by atoms with Crippen LogP contribution in [0.2, 0.25) is 0 Å². The van der Waals surface area contributed by atoms with Crippen LogP contribution in [-0.4, -0.2) is 29.8 Å². The fourth-order valence-corrected chi connectivity index (χ4v) is 1.74. The molecule has 1 unspecified atom stereocenters. The molecule has 1 aromatic rings. The Morgan fingerprint density at radius 2 is 1.76 bits per heavy atom. The largest absolute Gasteiger partial charge is 0.416 e. The second-order valence-electron chi connectivity index (χ2n) is 4.67. The first-order valence-corrected chi connectivity index (χ1v) is 6.06. The molecule has 0 aliphatic heterocycles. The summed E-state index contributed by atoms with van der Waals surface area (Å²) in [5.74, 6) is -1.20. The van der Waals surface area contributed by atoms with Gasteiger partial charge in [0.15, 0.2) is 0 Å². The van der Waals surface area contributed by atoms with Gasteiger partial charge >= 0.3 is 6.18 Å². The number of rotatable bonds is 5. The van der Waals surface area contributed by atoms with Crippen LogP contribution < -0.4 is 11.5 Å². The van der Waals surface area contributed by atoms with Gasteiger partial charge in [-0.2, -0.15) is 13.2 Å². The van der Waals surface area contributed by atoms with E-state index in [-0.39, 0.29) is 13.0 Å². The monoisotopic (exact) mass is 303 g/mol. The fraction of sp³-hybridized carbons (Fsp3) is 0.385. The quantitative estimate of drug-likeness (QED) is 0.845. The highest BCUT2D eigenvalue weighted by Crippen LogP contribution is 2.29. The third-order valence-electron chi connectivity index (χ3n) is 2.82. The molecule has 0 aromatic heterocycles. The maximum absolute atomic E-state index is 12.4. The SMILES string of the molecule is CN(Cc1ccc(C(F)(F)F)cc1)C(=O)C(N)CC(N)=O. The van der Waals surface area contributed by atoms with E-state index in [4.69, 9.17) is 11.5 Å². The van der Waals surface area contributed by atoms with Gasteiger partial charge in [-0.25, -0.2) is 0 Å². The lowest BCUT2D eigenvalue weighted by atomic mass is 10.1. The van der Waals surface area contributed by atoms with Gasteiger partial charge in [0, 0.05) is 13.6 Å². The molecule has 0 heterocycles. The number of likely N-dealkylation sites (N-methyl/N-ethyl adjacent to an activating group) is 1. The van der Waals surface area contributed by atoms with Gasteiger partial charge in [0.2, 0.25) is 11.8 Å². The van der Waals surface area contributed by atoms with Gasteiger partial charge in [-0.15, -0.1) is 0 Å². The Labute approximate surface area is 119 Å². The van der Waals surface area contributed by atoms with Gasteiger partial charge in [-0.3, -0.25) is 9.59 Å². The van der Waals surface area contributed by atoms with E-state index in [0.717, 1.165) is 12.1 Å². The molecule has 0 saturated carbocycles. The summed E-state index contributed by atoms with van der Waals surface area (Å²) < 4.78 is 37.2. The van der Waals surface area contributed by atoms with Gasteiger partial charge in [0.05, 0.1) is 18.0 Å². The van der Waals surface area contributed by atoms with E-state index in [2.05, 4.69) is 0 Å². The van der Waals surface area contributed by atoms with Gasteiger partial charge in [0.1, 0.15) is 0 Å². The van der Waals surface area contributed by atoms with E-state index in [1.807, 2.05) is 0 Å². The van der Waals surface area contributed by atoms with Crippen LogP contribution in [0.3, 0.4) is 0 Å². The summed E-state index contributed by atoms with van der Waals surface area (Å²) in [4.78, 5) is 23.7. The number of amides is 2. The molecule has 8 heteroatoms. The van der Waals surface area contributed by atoms with Crippen molar-refractivity contribution in [3.63, 3.8) is 0 Å². The third-order valence-corrected chi connectivity index (χ3v) is 2.82. The summed E-state index contributed by atoms with van der Waals surface area (Å²) in [5.41, 5.74) is 10.2. The van der Waals surface area contributed by atoms with Crippen molar-refractivity contribution in [2.75, 3.05) is 7.05 Å². The summed E-state index contributed by atoms with van der Waals surface area (Å²) in [6.45, 7) is 0.0867. The number of carbonyl (C=O) groups is 2. The first kappa shape index (κ1) is 17.0. The molecule has 0 aliphatic rings. The van der Waals surface area contributed by atoms with Crippen LogP contribution >= 0.6 is 0 Å². The molecule has 0 bridgehead atoms. The maximum atomic E-state index is 12.4. The van der Waals surface area contributed by atoms with Crippen molar-refractivity contribution in [3.05, 3.63) is 35.4 Å². The van der Waals surface area contributed by atoms with Crippen molar-refractivity contribution < 1.29 is 22.8 Å². The number of hydrogen-bond acceptors (Lipinski definition) is 3. The van der Waals surface area contributed by atoms with Crippen molar-refractivity contribution in [3.8, 4) is 0 Å². The Bertz CT molecular complexity index is 514. The summed E-state index contributed by atoms with van der Waals surface area (Å²) in [7, 11) is 1.45. The Hall–Kier alpha value is -2.09. The topological polar surface area (TPSA) is 89.4 Å².